The molecule has 14 heteroatoms. The molecule has 3 N–H and O–H groups in total. The Morgan fingerprint density at radius 1 is 1.10 bits per heavy atom. The van der Waals surface area contributed by atoms with Crippen LogP contribution in [0.2, 0.25) is 0 Å². The first-order chi connectivity index (χ1) is 19.3. The van der Waals surface area contributed by atoms with Gasteiger partial charge < -0.3 is 10.1 Å². The molecule has 40 heavy (non-hydrogen) atoms. The third-order valence-corrected chi connectivity index (χ3v) is 10.3. The lowest BCUT2D eigenvalue weighted by Gasteiger charge is -2.28. The lowest BCUT2D eigenvalue weighted by Crippen LogP contribution is -2.41. The molecule has 0 aliphatic carbocycles. The van der Waals surface area contributed by atoms with E-state index in [1.54, 1.807) is 47.6 Å². The Morgan fingerprint density at radius 3 is 2.67 bits per heavy atom. The fourth-order valence-corrected chi connectivity index (χ4v) is 7.77. The van der Waals surface area contributed by atoms with Gasteiger partial charge >= 0.3 is 0 Å². The molecule has 0 radical (unpaired) electrons. The van der Waals surface area contributed by atoms with Gasteiger partial charge in [0.05, 0.1) is 15.9 Å². The van der Waals surface area contributed by atoms with Crippen molar-refractivity contribution in [3.63, 3.8) is 0 Å². The van der Waals surface area contributed by atoms with Crippen LogP contribution in [0.1, 0.15) is 24.5 Å². The normalized spacial score (nSPS) is 14.9. The fourth-order valence-electron chi connectivity index (χ4n) is 4.38. The van der Waals surface area contributed by atoms with Crippen LogP contribution in [-0.4, -0.2) is 40.8 Å². The van der Waals surface area contributed by atoms with Gasteiger partial charge in [-0.3, -0.25) is 4.98 Å². The first-order valence-corrected chi connectivity index (χ1v) is 16.3. The number of piperidine rings is 1. The summed E-state index contributed by atoms with van der Waals surface area (Å²) in [7, 11) is -3.68. The largest absolute Gasteiger partial charge is 0.453 e. The third-order valence-electron chi connectivity index (χ3n) is 6.38. The van der Waals surface area contributed by atoms with Crippen LogP contribution in [0, 0.1) is 5.82 Å². The molecule has 1 aliphatic rings. The number of anilines is 2. The van der Waals surface area contributed by atoms with Crippen LogP contribution < -0.4 is 15.2 Å². The number of ether oxygens (including phenoxy) is 1. The monoisotopic (exact) mass is 614 g/mol. The number of thiophene rings is 1. The number of hydrogen-bond donors (Lipinski definition) is 2. The van der Waals surface area contributed by atoms with Crippen molar-refractivity contribution < 1.29 is 17.5 Å². The molecule has 1 aliphatic heterocycles. The van der Waals surface area contributed by atoms with E-state index in [9.17, 15) is 12.8 Å². The summed E-state index contributed by atoms with van der Waals surface area (Å²) in [5.74, 6) is 1.19. The molecule has 5 aromatic rings. The maximum atomic E-state index is 13.5. The van der Waals surface area contributed by atoms with Crippen LogP contribution >= 0.6 is 34.4 Å². The molecule has 0 unspecified atom stereocenters. The molecular formula is C26H23FN6O3S4. The summed E-state index contributed by atoms with van der Waals surface area (Å²) in [6.07, 6.45) is 4.85. The Morgan fingerprint density at radius 2 is 1.90 bits per heavy atom. The van der Waals surface area contributed by atoms with Crippen molar-refractivity contribution in [2.45, 2.75) is 28.6 Å². The zero-order valence-corrected chi connectivity index (χ0v) is 24.1. The van der Waals surface area contributed by atoms with E-state index in [1.807, 2.05) is 29.0 Å². The number of rotatable bonds is 8. The van der Waals surface area contributed by atoms with Crippen molar-refractivity contribution in [3.05, 3.63) is 77.1 Å². The average molecular weight is 615 g/mol. The Hall–Kier alpha value is -3.14. The zero-order chi connectivity index (χ0) is 27.7. The second-order valence-corrected chi connectivity index (χ2v) is 13.5. The summed E-state index contributed by atoms with van der Waals surface area (Å²) in [4.78, 5) is 15.7. The van der Waals surface area contributed by atoms with Crippen LogP contribution in [0.4, 0.5) is 15.3 Å². The Balaban J connectivity index is 1.24. The number of halogens is 1. The van der Waals surface area contributed by atoms with Gasteiger partial charge in [0, 0.05) is 52.6 Å². The lowest BCUT2D eigenvalue weighted by atomic mass is 9.95. The number of thiazole rings is 1. The van der Waals surface area contributed by atoms with Crippen molar-refractivity contribution in [2.75, 3.05) is 18.4 Å². The number of nitrogens with zero attached hydrogens (tertiary/aromatic N) is 4. The highest BCUT2D eigenvalue weighted by atomic mass is 32.2. The maximum absolute atomic E-state index is 13.5. The summed E-state index contributed by atoms with van der Waals surface area (Å²) >= 11 is 4.63. The number of nitrogens with two attached hydrogens (primary N) is 1. The van der Waals surface area contributed by atoms with Gasteiger partial charge in [-0.25, -0.2) is 19.5 Å². The van der Waals surface area contributed by atoms with Crippen molar-refractivity contribution in [1.29, 1.82) is 0 Å². The minimum absolute atomic E-state index is 0.140. The van der Waals surface area contributed by atoms with E-state index in [4.69, 9.17) is 14.9 Å². The predicted molar refractivity (Wildman–Crippen MR) is 157 cm³/mol. The molecule has 0 saturated carbocycles. The first kappa shape index (κ1) is 27.1. The van der Waals surface area contributed by atoms with Crippen LogP contribution in [0.25, 0.3) is 10.2 Å². The quantitative estimate of drug-likeness (QED) is 0.207. The van der Waals surface area contributed by atoms with Crippen molar-refractivity contribution in [3.8, 4) is 11.5 Å². The van der Waals surface area contributed by atoms with Crippen molar-refractivity contribution >= 4 is 65.8 Å². The Kier molecular flexibility index (Phi) is 7.70. The van der Waals surface area contributed by atoms with E-state index in [2.05, 4.69) is 15.3 Å². The smallest absolute Gasteiger partial charge is 0.276 e. The molecule has 0 atom stereocenters. The van der Waals surface area contributed by atoms with E-state index < -0.39 is 10.2 Å². The van der Waals surface area contributed by atoms with E-state index >= 15 is 0 Å². The highest BCUT2D eigenvalue weighted by Gasteiger charge is 2.27. The summed E-state index contributed by atoms with van der Waals surface area (Å²) < 4.78 is 45.3. The van der Waals surface area contributed by atoms with Crippen LogP contribution in [0.15, 0.2) is 75.4 Å². The highest BCUT2D eigenvalue weighted by molar-refractivity contribution is 7.99. The van der Waals surface area contributed by atoms with Crippen LogP contribution in [-0.2, 0) is 10.2 Å². The number of nitrogens with one attached hydrogen (secondary N) is 1. The number of pyridine rings is 2. The fraction of sp³-hybridized carbons (Fsp3) is 0.192. The van der Waals surface area contributed by atoms with Gasteiger partial charge in [0.1, 0.15) is 11.6 Å². The minimum Gasteiger partial charge on any atom is -0.453 e. The van der Waals surface area contributed by atoms with Crippen molar-refractivity contribution in [2.24, 2.45) is 5.14 Å². The zero-order valence-electron chi connectivity index (χ0n) is 20.9. The molecule has 6 rings (SSSR count). The summed E-state index contributed by atoms with van der Waals surface area (Å²) in [6.45, 7) is 0.741. The van der Waals surface area contributed by atoms with E-state index in [0.29, 0.717) is 48.4 Å². The molecular weight excluding hydrogens is 592 g/mol. The number of benzene rings is 1. The average Bonchev–Trinajstić information content (AvgIpc) is 3.62. The summed E-state index contributed by atoms with van der Waals surface area (Å²) in [6, 6.07) is 11.7. The Labute approximate surface area is 242 Å². The Bertz CT molecular complexity index is 1750. The third kappa shape index (κ3) is 6.11. The van der Waals surface area contributed by atoms with E-state index in [-0.39, 0.29) is 11.7 Å². The second-order valence-electron chi connectivity index (χ2n) is 9.04. The molecule has 1 fully saturated rings. The molecule has 9 nitrogen and oxygen atoms in total. The lowest BCUT2D eigenvalue weighted by molar-refractivity contribution is 0.317. The number of aromatic nitrogens is 3. The van der Waals surface area contributed by atoms with Gasteiger partial charge in [0.25, 0.3) is 10.2 Å². The van der Waals surface area contributed by atoms with Gasteiger partial charge in [0.15, 0.2) is 16.7 Å². The minimum atomic E-state index is -3.68. The van der Waals surface area contributed by atoms with Gasteiger partial charge in [-0.2, -0.15) is 12.7 Å². The topological polar surface area (TPSA) is 123 Å². The number of hydrogen-bond acceptors (Lipinski definition) is 10. The summed E-state index contributed by atoms with van der Waals surface area (Å²) in [5.41, 5.74) is 1.84. The van der Waals surface area contributed by atoms with Crippen LogP contribution in [0.5, 0.6) is 11.5 Å². The second kappa shape index (κ2) is 11.4. The van der Waals surface area contributed by atoms with Gasteiger partial charge in [-0.1, -0.05) is 11.8 Å². The molecule has 0 spiro atoms. The van der Waals surface area contributed by atoms with Crippen molar-refractivity contribution in [1.82, 2.24) is 19.3 Å². The summed E-state index contributed by atoms with van der Waals surface area (Å²) in [5, 5.41) is 13.2. The molecule has 1 aromatic carbocycles. The van der Waals surface area contributed by atoms with E-state index in [1.165, 1.54) is 27.8 Å². The van der Waals surface area contributed by atoms with Gasteiger partial charge in [-0.05, 0) is 54.6 Å². The molecule has 4 aromatic heterocycles. The first-order valence-electron chi connectivity index (χ1n) is 12.3. The van der Waals surface area contributed by atoms with Gasteiger partial charge in [0.2, 0.25) is 0 Å². The van der Waals surface area contributed by atoms with E-state index in [0.717, 1.165) is 25.7 Å². The molecule has 5 heterocycles. The molecule has 1 saturated heterocycles. The standard InChI is InChI=1S/C26H23FN6O3S4/c27-17-1-3-18(4-2-17)36-22-13-19(39-23-5-9-29-20-8-12-37-24(20)23)14-30-25(22)32-26-31-21(15-38-26)16-6-10-33(11-7-16)40(28,34)35/h1-5,8-9,12-16H,6-7,10-11H2,(H2,28,34,35)(H,30,31,32). The maximum Gasteiger partial charge on any atom is 0.276 e. The SMILES string of the molecule is NS(=O)(=O)N1CCC(c2csc(Nc3ncc(Sc4ccnc5ccsc45)cc3Oc3ccc(F)cc3)n2)CC1. The predicted octanol–water partition coefficient (Wildman–Crippen LogP) is 6.36. The molecule has 0 amide bonds. The highest BCUT2D eigenvalue weighted by Crippen LogP contribution is 2.40. The van der Waals surface area contributed by atoms with Crippen LogP contribution in [0.3, 0.4) is 0 Å². The van der Waals surface area contributed by atoms with Gasteiger partial charge in [-0.15, -0.1) is 22.7 Å². The molecule has 206 valence electrons. The number of fused-ring (bicyclic) bond motifs is 1. The molecule has 0 bridgehead atoms.